The average molecular weight is 418 g/mol. The molecule has 0 unspecified atom stereocenters. The Bertz CT molecular complexity index is 1020. The summed E-state index contributed by atoms with van der Waals surface area (Å²) in [4.78, 5) is 13.0. The first-order chi connectivity index (χ1) is 13.8. The number of fused-ring (bicyclic) bond motifs is 1. The first-order valence-electron chi connectivity index (χ1n) is 9.61. The van der Waals surface area contributed by atoms with Gasteiger partial charge in [-0.15, -0.1) is 0 Å². The highest BCUT2D eigenvalue weighted by molar-refractivity contribution is 7.92. The minimum atomic E-state index is -3.33. The van der Waals surface area contributed by atoms with E-state index in [9.17, 15) is 17.6 Å². The van der Waals surface area contributed by atoms with Crippen molar-refractivity contribution in [3.05, 3.63) is 65.0 Å². The van der Waals surface area contributed by atoms with Gasteiger partial charge in [0.25, 0.3) is 5.91 Å². The molecule has 2 atom stereocenters. The van der Waals surface area contributed by atoms with Crippen LogP contribution < -0.4 is 9.62 Å². The Hall–Kier alpha value is -2.45. The minimum Gasteiger partial charge on any atom is -0.376 e. The summed E-state index contributed by atoms with van der Waals surface area (Å²) in [6.07, 6.45) is 3.31. The lowest BCUT2D eigenvalue weighted by Crippen LogP contribution is -2.36. The summed E-state index contributed by atoms with van der Waals surface area (Å²) in [6.45, 7) is 1.02. The standard InChI is InChI=1S/C21H23FN2O4S/c1-29(26,27)24-11-10-15-13-16(6-9-18(15)24)21(25)23-20(19-3-2-12-28-19)14-4-7-17(22)8-5-14/h4-9,13,19-20H,2-3,10-12H2,1H3,(H,23,25)/t19-,20-/m1/s1. The van der Waals surface area contributed by atoms with Crippen molar-refractivity contribution in [3.63, 3.8) is 0 Å². The van der Waals surface area contributed by atoms with Gasteiger partial charge in [-0.3, -0.25) is 9.10 Å². The quantitative estimate of drug-likeness (QED) is 0.810. The van der Waals surface area contributed by atoms with Crippen LogP contribution in [-0.2, 0) is 21.2 Å². The molecule has 29 heavy (non-hydrogen) atoms. The molecule has 0 spiro atoms. The molecule has 0 radical (unpaired) electrons. The zero-order valence-electron chi connectivity index (χ0n) is 16.1. The Morgan fingerprint density at radius 3 is 2.66 bits per heavy atom. The zero-order chi connectivity index (χ0) is 20.6. The Morgan fingerprint density at radius 1 is 1.24 bits per heavy atom. The summed E-state index contributed by atoms with van der Waals surface area (Å²) < 4.78 is 44.3. The Kier molecular flexibility index (Phi) is 5.31. The number of nitrogens with one attached hydrogen (secondary N) is 1. The number of nitrogens with zero attached hydrogens (tertiary/aromatic N) is 1. The Labute approximate surface area is 169 Å². The molecule has 6 nitrogen and oxygen atoms in total. The third-order valence-electron chi connectivity index (χ3n) is 5.45. The van der Waals surface area contributed by atoms with Crippen molar-refractivity contribution in [3.8, 4) is 0 Å². The summed E-state index contributed by atoms with van der Waals surface area (Å²) in [7, 11) is -3.33. The number of hydrogen-bond donors (Lipinski definition) is 1. The summed E-state index contributed by atoms with van der Waals surface area (Å²) in [5, 5.41) is 3.03. The van der Waals surface area contributed by atoms with E-state index in [2.05, 4.69) is 5.32 Å². The fourth-order valence-corrected chi connectivity index (χ4v) is 4.97. The van der Waals surface area contributed by atoms with Gasteiger partial charge < -0.3 is 10.1 Å². The number of carbonyl (C=O) groups is 1. The van der Waals surface area contributed by atoms with E-state index >= 15 is 0 Å². The van der Waals surface area contributed by atoms with Gasteiger partial charge in [-0.2, -0.15) is 0 Å². The summed E-state index contributed by atoms with van der Waals surface area (Å²) in [5.41, 5.74) is 2.71. The fourth-order valence-electron chi connectivity index (χ4n) is 4.01. The third-order valence-corrected chi connectivity index (χ3v) is 6.63. The zero-order valence-corrected chi connectivity index (χ0v) is 16.9. The molecule has 0 saturated carbocycles. The van der Waals surface area contributed by atoms with Crippen LogP contribution in [0.15, 0.2) is 42.5 Å². The van der Waals surface area contributed by atoms with Crippen molar-refractivity contribution in [2.75, 3.05) is 23.7 Å². The van der Waals surface area contributed by atoms with E-state index in [0.717, 1.165) is 24.0 Å². The van der Waals surface area contributed by atoms with E-state index < -0.39 is 10.0 Å². The number of benzene rings is 2. The van der Waals surface area contributed by atoms with Gasteiger partial charge in [0, 0.05) is 18.7 Å². The highest BCUT2D eigenvalue weighted by Gasteiger charge is 2.30. The highest BCUT2D eigenvalue weighted by atomic mass is 32.2. The first kappa shape index (κ1) is 19.8. The minimum absolute atomic E-state index is 0.167. The number of hydrogen-bond acceptors (Lipinski definition) is 4. The molecule has 2 aromatic rings. The van der Waals surface area contributed by atoms with E-state index in [4.69, 9.17) is 4.74 Å². The maximum absolute atomic E-state index is 13.3. The van der Waals surface area contributed by atoms with E-state index in [1.54, 1.807) is 30.3 Å². The van der Waals surface area contributed by atoms with Gasteiger partial charge in [-0.1, -0.05) is 12.1 Å². The van der Waals surface area contributed by atoms with Gasteiger partial charge >= 0.3 is 0 Å². The number of amides is 1. The molecule has 1 fully saturated rings. The lowest BCUT2D eigenvalue weighted by atomic mass is 9.98. The molecule has 2 aromatic carbocycles. The lowest BCUT2D eigenvalue weighted by molar-refractivity contribution is 0.0672. The largest absolute Gasteiger partial charge is 0.376 e. The molecule has 1 amide bonds. The fraction of sp³-hybridized carbons (Fsp3) is 0.381. The summed E-state index contributed by atoms with van der Waals surface area (Å²) in [5.74, 6) is -0.601. The molecule has 2 heterocycles. The molecule has 0 aliphatic carbocycles. The highest BCUT2D eigenvalue weighted by Crippen LogP contribution is 2.32. The van der Waals surface area contributed by atoms with Gasteiger partial charge in [0.1, 0.15) is 5.82 Å². The SMILES string of the molecule is CS(=O)(=O)N1CCc2cc(C(=O)N[C@H](c3ccc(F)cc3)[C@H]3CCCO3)ccc21. The molecule has 2 aliphatic heterocycles. The van der Waals surface area contributed by atoms with Crippen LogP contribution in [0.25, 0.3) is 0 Å². The Morgan fingerprint density at radius 2 is 2.00 bits per heavy atom. The first-order valence-corrected chi connectivity index (χ1v) is 11.5. The van der Waals surface area contributed by atoms with E-state index in [1.807, 2.05) is 0 Å². The second kappa shape index (κ2) is 7.76. The van der Waals surface area contributed by atoms with Crippen molar-refractivity contribution < 1.29 is 22.3 Å². The second-order valence-corrected chi connectivity index (χ2v) is 9.39. The van der Waals surface area contributed by atoms with Crippen LogP contribution in [0.2, 0.25) is 0 Å². The van der Waals surface area contributed by atoms with Crippen molar-refractivity contribution in [1.82, 2.24) is 5.32 Å². The van der Waals surface area contributed by atoms with E-state index in [-0.39, 0.29) is 23.9 Å². The predicted octanol–water partition coefficient (Wildman–Crippen LogP) is 2.80. The average Bonchev–Trinajstić information content (AvgIpc) is 3.35. The van der Waals surface area contributed by atoms with Crippen LogP contribution in [0.4, 0.5) is 10.1 Å². The number of halogens is 1. The molecule has 154 valence electrons. The molecule has 0 aromatic heterocycles. The van der Waals surface area contributed by atoms with Crippen LogP contribution in [0, 0.1) is 5.82 Å². The second-order valence-electron chi connectivity index (χ2n) is 7.48. The number of carbonyl (C=O) groups excluding carboxylic acids is 1. The van der Waals surface area contributed by atoms with Crippen molar-refractivity contribution in [1.29, 1.82) is 0 Å². The molecule has 8 heteroatoms. The van der Waals surface area contributed by atoms with E-state index in [0.29, 0.717) is 30.8 Å². The maximum atomic E-state index is 13.3. The van der Waals surface area contributed by atoms with Crippen LogP contribution >= 0.6 is 0 Å². The molecule has 1 saturated heterocycles. The smallest absolute Gasteiger partial charge is 0.251 e. The topological polar surface area (TPSA) is 75.7 Å². The lowest BCUT2D eigenvalue weighted by Gasteiger charge is -2.25. The van der Waals surface area contributed by atoms with Crippen molar-refractivity contribution in [2.45, 2.75) is 31.4 Å². The van der Waals surface area contributed by atoms with Gasteiger partial charge in [0.15, 0.2) is 0 Å². The number of ether oxygens (including phenoxy) is 1. The van der Waals surface area contributed by atoms with Crippen LogP contribution in [-0.4, -0.2) is 39.8 Å². The van der Waals surface area contributed by atoms with Gasteiger partial charge in [0.05, 0.1) is 24.1 Å². The molecular formula is C21H23FN2O4S. The summed E-state index contributed by atoms with van der Waals surface area (Å²) in [6, 6.07) is 10.7. The molecule has 0 bridgehead atoms. The van der Waals surface area contributed by atoms with Crippen molar-refractivity contribution in [2.24, 2.45) is 0 Å². The molecule has 2 aliphatic rings. The number of sulfonamides is 1. The molecule has 1 N–H and O–H groups in total. The maximum Gasteiger partial charge on any atom is 0.251 e. The van der Waals surface area contributed by atoms with Crippen LogP contribution in [0.1, 0.15) is 40.4 Å². The number of anilines is 1. The normalized spacial score (nSPS) is 19.8. The molecule has 4 rings (SSSR count). The van der Waals surface area contributed by atoms with Crippen LogP contribution in [0.3, 0.4) is 0 Å². The van der Waals surface area contributed by atoms with Gasteiger partial charge in [-0.25, -0.2) is 12.8 Å². The van der Waals surface area contributed by atoms with Gasteiger partial charge in [0.2, 0.25) is 10.0 Å². The number of rotatable bonds is 5. The van der Waals surface area contributed by atoms with E-state index in [1.165, 1.54) is 22.7 Å². The van der Waals surface area contributed by atoms with Crippen molar-refractivity contribution >= 4 is 21.6 Å². The Balaban J connectivity index is 1.57. The predicted molar refractivity (Wildman–Crippen MR) is 108 cm³/mol. The third kappa shape index (κ3) is 4.13. The van der Waals surface area contributed by atoms with Gasteiger partial charge in [-0.05, 0) is 60.7 Å². The summed E-state index contributed by atoms with van der Waals surface area (Å²) >= 11 is 0. The monoisotopic (exact) mass is 418 g/mol. The van der Waals surface area contributed by atoms with Crippen LogP contribution in [0.5, 0.6) is 0 Å². The molecular weight excluding hydrogens is 395 g/mol.